The van der Waals surface area contributed by atoms with Crippen LogP contribution in [0.1, 0.15) is 26.2 Å². The molecule has 0 saturated heterocycles. The van der Waals surface area contributed by atoms with Gasteiger partial charge in [0.2, 0.25) is 5.91 Å². The van der Waals surface area contributed by atoms with Crippen molar-refractivity contribution in [2.75, 3.05) is 13.1 Å². The third kappa shape index (κ3) is 2.51. The van der Waals surface area contributed by atoms with E-state index in [1.165, 1.54) is 0 Å². The van der Waals surface area contributed by atoms with E-state index in [1.54, 1.807) is 4.90 Å². The van der Waals surface area contributed by atoms with E-state index in [2.05, 4.69) is 12.2 Å². The summed E-state index contributed by atoms with van der Waals surface area (Å²) in [6, 6.07) is 0. The lowest BCUT2D eigenvalue weighted by atomic mass is 9.92. The van der Waals surface area contributed by atoms with Gasteiger partial charge in [0.15, 0.2) is 0 Å². The first-order chi connectivity index (χ1) is 8.11. The molecule has 17 heavy (non-hydrogen) atoms. The first-order valence-electron chi connectivity index (χ1n) is 6.30. The van der Waals surface area contributed by atoms with E-state index >= 15 is 0 Å². The van der Waals surface area contributed by atoms with Crippen LogP contribution in [-0.2, 0) is 9.59 Å². The third-order valence-corrected chi connectivity index (χ3v) is 3.89. The van der Waals surface area contributed by atoms with E-state index in [-0.39, 0.29) is 18.2 Å². The van der Waals surface area contributed by atoms with Crippen molar-refractivity contribution in [2.45, 2.75) is 26.2 Å². The maximum Gasteiger partial charge on any atom is 0.305 e. The van der Waals surface area contributed by atoms with Crippen LogP contribution in [0.3, 0.4) is 0 Å². The molecule has 0 aliphatic heterocycles. The van der Waals surface area contributed by atoms with Crippen molar-refractivity contribution in [3.05, 3.63) is 12.2 Å². The highest BCUT2D eigenvalue weighted by molar-refractivity contribution is 5.80. The quantitative estimate of drug-likeness (QED) is 0.738. The molecule has 3 unspecified atom stereocenters. The summed E-state index contributed by atoms with van der Waals surface area (Å²) >= 11 is 0. The number of hydrogen-bond acceptors (Lipinski definition) is 2. The third-order valence-electron chi connectivity index (χ3n) is 3.89. The number of nitrogens with zero attached hydrogens (tertiary/aromatic N) is 1. The molecule has 0 heterocycles. The summed E-state index contributed by atoms with van der Waals surface area (Å²) < 4.78 is 0. The number of fused-ring (bicyclic) bond motifs is 2. The van der Waals surface area contributed by atoms with Crippen LogP contribution in [0.15, 0.2) is 12.2 Å². The fourth-order valence-electron chi connectivity index (χ4n) is 2.95. The smallest absolute Gasteiger partial charge is 0.305 e. The van der Waals surface area contributed by atoms with Gasteiger partial charge in [0.05, 0.1) is 6.42 Å². The number of carboxylic acid groups (broad SMARTS) is 1. The molecule has 1 N–H and O–H groups in total. The monoisotopic (exact) mass is 237 g/mol. The fourth-order valence-corrected chi connectivity index (χ4v) is 2.95. The Labute approximate surface area is 101 Å². The lowest BCUT2D eigenvalue weighted by molar-refractivity contribution is -0.140. The molecular weight excluding hydrogens is 218 g/mol. The Balaban J connectivity index is 1.93. The topological polar surface area (TPSA) is 57.6 Å². The number of carboxylic acids is 1. The second-order valence-electron chi connectivity index (χ2n) is 4.95. The van der Waals surface area contributed by atoms with Crippen LogP contribution >= 0.6 is 0 Å². The van der Waals surface area contributed by atoms with Crippen LogP contribution in [0.4, 0.5) is 0 Å². The maximum absolute atomic E-state index is 12.3. The van der Waals surface area contributed by atoms with Crippen molar-refractivity contribution in [2.24, 2.45) is 17.8 Å². The molecule has 0 spiro atoms. The first kappa shape index (κ1) is 12.1. The lowest BCUT2D eigenvalue weighted by Crippen LogP contribution is -2.38. The van der Waals surface area contributed by atoms with Crippen molar-refractivity contribution in [3.63, 3.8) is 0 Å². The van der Waals surface area contributed by atoms with E-state index in [9.17, 15) is 9.59 Å². The average Bonchev–Trinajstić information content (AvgIpc) is 2.90. The predicted octanol–water partition coefficient (Wildman–Crippen LogP) is 1.52. The highest BCUT2D eigenvalue weighted by atomic mass is 16.4. The molecule has 3 atom stereocenters. The highest BCUT2D eigenvalue weighted by Crippen LogP contribution is 2.44. The molecule has 2 aliphatic rings. The summed E-state index contributed by atoms with van der Waals surface area (Å²) in [7, 11) is 0. The molecule has 2 bridgehead atoms. The Morgan fingerprint density at radius 1 is 1.35 bits per heavy atom. The summed E-state index contributed by atoms with van der Waals surface area (Å²) in [4.78, 5) is 24.5. The maximum atomic E-state index is 12.3. The van der Waals surface area contributed by atoms with Gasteiger partial charge in [0.25, 0.3) is 0 Å². The van der Waals surface area contributed by atoms with Crippen LogP contribution in [-0.4, -0.2) is 35.0 Å². The Morgan fingerprint density at radius 3 is 2.59 bits per heavy atom. The van der Waals surface area contributed by atoms with Gasteiger partial charge < -0.3 is 10.0 Å². The minimum absolute atomic E-state index is 0.0379. The fraction of sp³-hybridized carbons (Fsp3) is 0.692. The van der Waals surface area contributed by atoms with Gasteiger partial charge in [0.1, 0.15) is 0 Å². The van der Waals surface area contributed by atoms with Gasteiger partial charge >= 0.3 is 5.97 Å². The number of carbonyl (C=O) groups excluding carboxylic acids is 1. The molecule has 4 heteroatoms. The zero-order valence-corrected chi connectivity index (χ0v) is 10.1. The summed E-state index contributed by atoms with van der Waals surface area (Å²) in [5.74, 6) is 0.368. The molecule has 0 radical (unpaired) electrons. The SMILES string of the molecule is CCN(CCC(=O)O)C(=O)C1CC2C=CC1C2. The van der Waals surface area contributed by atoms with Crippen LogP contribution in [0, 0.1) is 17.8 Å². The van der Waals surface area contributed by atoms with Crippen LogP contribution in [0.5, 0.6) is 0 Å². The van der Waals surface area contributed by atoms with Crippen LogP contribution in [0.25, 0.3) is 0 Å². The van der Waals surface area contributed by atoms with Gasteiger partial charge in [-0.1, -0.05) is 12.2 Å². The first-order valence-corrected chi connectivity index (χ1v) is 6.30. The Morgan fingerprint density at radius 2 is 2.12 bits per heavy atom. The molecule has 2 aliphatic carbocycles. The number of carbonyl (C=O) groups is 2. The molecule has 1 fully saturated rings. The van der Waals surface area contributed by atoms with Gasteiger partial charge in [-0.3, -0.25) is 9.59 Å². The summed E-state index contributed by atoms with van der Waals surface area (Å²) in [5.41, 5.74) is 0. The van der Waals surface area contributed by atoms with Gasteiger partial charge in [0, 0.05) is 19.0 Å². The molecule has 1 amide bonds. The van der Waals surface area contributed by atoms with Gasteiger partial charge in [-0.15, -0.1) is 0 Å². The van der Waals surface area contributed by atoms with E-state index in [1.807, 2.05) is 6.92 Å². The van der Waals surface area contributed by atoms with Crippen molar-refractivity contribution < 1.29 is 14.7 Å². The van der Waals surface area contributed by atoms with E-state index < -0.39 is 5.97 Å². The molecule has 2 rings (SSSR count). The van der Waals surface area contributed by atoms with Crippen LogP contribution < -0.4 is 0 Å². The zero-order valence-electron chi connectivity index (χ0n) is 10.1. The number of rotatable bonds is 5. The Kier molecular flexibility index (Phi) is 3.50. The second-order valence-corrected chi connectivity index (χ2v) is 4.95. The van der Waals surface area contributed by atoms with E-state index in [0.29, 0.717) is 24.9 Å². The van der Waals surface area contributed by atoms with Crippen molar-refractivity contribution >= 4 is 11.9 Å². The van der Waals surface area contributed by atoms with Gasteiger partial charge in [-0.25, -0.2) is 0 Å². The summed E-state index contributed by atoms with van der Waals surface area (Å²) in [6.07, 6.45) is 6.45. The number of aliphatic carboxylic acids is 1. The minimum atomic E-state index is -0.843. The number of hydrogen-bond donors (Lipinski definition) is 1. The van der Waals surface area contributed by atoms with Crippen LogP contribution in [0.2, 0.25) is 0 Å². The Bertz CT molecular complexity index is 351. The number of amides is 1. The average molecular weight is 237 g/mol. The van der Waals surface area contributed by atoms with Crippen molar-refractivity contribution in [1.29, 1.82) is 0 Å². The Hall–Kier alpha value is -1.32. The van der Waals surface area contributed by atoms with Gasteiger partial charge in [-0.05, 0) is 31.6 Å². The van der Waals surface area contributed by atoms with Crippen molar-refractivity contribution in [1.82, 2.24) is 4.90 Å². The normalized spacial score (nSPS) is 29.6. The zero-order chi connectivity index (χ0) is 12.4. The summed E-state index contributed by atoms with van der Waals surface area (Å²) in [6.45, 7) is 2.84. The predicted molar refractivity (Wildman–Crippen MR) is 63.4 cm³/mol. The van der Waals surface area contributed by atoms with E-state index in [0.717, 1.165) is 12.8 Å². The molecule has 4 nitrogen and oxygen atoms in total. The number of allylic oxidation sites excluding steroid dienone is 2. The molecule has 0 aromatic carbocycles. The molecular formula is C13H19NO3. The van der Waals surface area contributed by atoms with Crippen molar-refractivity contribution in [3.8, 4) is 0 Å². The molecule has 94 valence electrons. The molecule has 1 saturated carbocycles. The standard InChI is InChI=1S/C13H19NO3/c1-2-14(6-5-12(15)16)13(17)11-8-9-3-4-10(11)7-9/h3-4,9-11H,2,5-8H2,1H3,(H,15,16). The largest absolute Gasteiger partial charge is 0.481 e. The molecule has 0 aromatic rings. The highest BCUT2D eigenvalue weighted by Gasteiger charge is 2.41. The lowest BCUT2D eigenvalue weighted by Gasteiger charge is -2.26. The minimum Gasteiger partial charge on any atom is -0.481 e. The summed E-state index contributed by atoms with van der Waals surface area (Å²) in [5, 5.41) is 8.66. The molecule has 0 aromatic heterocycles. The van der Waals surface area contributed by atoms with Gasteiger partial charge in [-0.2, -0.15) is 0 Å². The second kappa shape index (κ2) is 4.90. The van der Waals surface area contributed by atoms with E-state index in [4.69, 9.17) is 5.11 Å².